The fourth-order valence-corrected chi connectivity index (χ4v) is 28.3. The minimum absolute atomic E-state index is 1.16. The summed E-state index contributed by atoms with van der Waals surface area (Å²) in [5.41, 5.74) is 29.3. The highest BCUT2D eigenvalue weighted by Gasteiger charge is 2.29. The molecule has 0 spiro atoms. The minimum Gasteiger partial charge on any atom is -0.309 e. The molecule has 0 amide bonds. The van der Waals surface area contributed by atoms with E-state index >= 15 is 0 Å². The summed E-state index contributed by atoms with van der Waals surface area (Å²) in [5.74, 6) is 0. The van der Waals surface area contributed by atoms with Gasteiger partial charge >= 0.3 is 0 Å². The fourth-order valence-electron chi connectivity index (χ4n) is 24.6. The monoisotopic (exact) mass is 1920 g/mol. The number of fused-ring (bicyclic) bond motifs is 34. The fraction of sp³-hybridized carbons (Fsp3) is 0. The maximum absolute atomic E-state index is 2.53. The van der Waals surface area contributed by atoms with E-state index in [0.717, 1.165) is 11.4 Å². The molecule has 0 aliphatic carbocycles. The predicted octanol–water partition coefficient (Wildman–Crippen LogP) is 39.2. The molecule has 33 rings (SSSR count). The van der Waals surface area contributed by atoms with Crippen molar-refractivity contribution in [3.05, 3.63) is 510 Å². The van der Waals surface area contributed by atoms with Gasteiger partial charge in [-0.05, 0) is 183 Å². The van der Waals surface area contributed by atoms with Gasteiger partial charge in [-0.15, -0.1) is 34.0 Å². The summed E-state index contributed by atoms with van der Waals surface area (Å²) in [7, 11) is 0. The first-order valence-electron chi connectivity index (χ1n) is 50.3. The molecular weight excluding hydrogens is 1840 g/mol. The van der Waals surface area contributed by atoms with Gasteiger partial charge in [0.2, 0.25) is 0 Å². The molecule has 0 atom stereocenters. The van der Waals surface area contributed by atoms with Crippen LogP contribution in [-0.2, 0) is 0 Å². The minimum atomic E-state index is 1.16. The first-order chi connectivity index (χ1) is 73.0. The van der Waals surface area contributed by atoms with Gasteiger partial charge < -0.3 is 27.4 Å². The van der Waals surface area contributed by atoms with Gasteiger partial charge in [0.1, 0.15) is 0 Å². The molecule has 33 aromatic rings. The van der Waals surface area contributed by atoms with Crippen LogP contribution in [0.25, 0.3) is 291 Å². The standard InChI is InChI=1S/3C46H28N2S/c1-2-11-31-28-33(25-20-29(31)10-1)47-41-18-7-4-14-39(41)44-42(47)27-26-37-35-12-3-6-17-40(35)48(45(37)44)32-23-21-30(22-24-32)34-15-9-16-38-36-13-5-8-19-43(36)49-46(34)38;1-2-13-29(14-3-1)47-40-23-10-7-19-38(40)44-42(47)28-26-35-33-17-6-9-22-39(33)48(45(35)44)41-27-25-31(30-15-4-5-16-32(30)41)36-20-12-21-37-34-18-8-11-24-43(34)49-46(36)37;1-2-12-31(13-3-1)48-41-28-27-37-35-15-6-8-19-40(35)47(45(37)43(41)39-26-23-29-11-4-5-14-33(29)44(39)48)32-24-21-30(22-25-32)34-17-10-18-38-36-16-7-9-20-42(36)49-46(34)38/h3*1-28H. The third kappa shape index (κ3) is 12.7. The van der Waals surface area contributed by atoms with Crippen LogP contribution in [0.2, 0.25) is 0 Å². The molecule has 0 aliphatic rings. The van der Waals surface area contributed by atoms with Gasteiger partial charge in [0.15, 0.2) is 0 Å². The van der Waals surface area contributed by atoms with Crippen molar-refractivity contribution in [2.24, 2.45) is 0 Å². The highest BCUT2D eigenvalue weighted by molar-refractivity contribution is 7.27. The Bertz CT molecular complexity index is 11300. The molecule has 0 aliphatic heterocycles. The van der Waals surface area contributed by atoms with E-state index in [1.54, 1.807) is 0 Å². The van der Waals surface area contributed by atoms with Gasteiger partial charge in [-0.25, -0.2) is 0 Å². The third-order valence-corrected chi connectivity index (χ3v) is 34.6. The van der Waals surface area contributed by atoms with Crippen molar-refractivity contribution in [1.82, 2.24) is 27.4 Å². The van der Waals surface area contributed by atoms with Crippen molar-refractivity contribution in [2.45, 2.75) is 0 Å². The number of aromatic nitrogens is 6. The molecule has 0 radical (unpaired) electrons. The first-order valence-corrected chi connectivity index (χ1v) is 52.8. The first kappa shape index (κ1) is 83.2. The van der Waals surface area contributed by atoms with E-state index < -0.39 is 0 Å². The number of rotatable bonds is 9. The van der Waals surface area contributed by atoms with Crippen LogP contribution in [0.15, 0.2) is 510 Å². The number of para-hydroxylation sites is 7. The van der Waals surface area contributed by atoms with E-state index in [1.165, 1.54) is 280 Å². The molecule has 147 heavy (non-hydrogen) atoms. The molecular formula is C138H84N6S3. The summed E-state index contributed by atoms with van der Waals surface area (Å²) in [4.78, 5) is 0. The van der Waals surface area contributed by atoms with Crippen LogP contribution in [-0.4, -0.2) is 27.4 Å². The Hall–Kier alpha value is -18.5. The van der Waals surface area contributed by atoms with Gasteiger partial charge in [0, 0.05) is 170 Å². The van der Waals surface area contributed by atoms with Crippen LogP contribution in [0.5, 0.6) is 0 Å². The average Bonchev–Trinajstić information content (AvgIpc) is 1.52. The Balaban J connectivity index is 0.0000000999. The number of nitrogens with zero attached hydrogens (tertiary/aromatic N) is 6. The van der Waals surface area contributed by atoms with Crippen molar-refractivity contribution >= 4 is 258 Å². The van der Waals surface area contributed by atoms with Gasteiger partial charge in [-0.1, -0.05) is 376 Å². The van der Waals surface area contributed by atoms with Crippen molar-refractivity contribution in [2.75, 3.05) is 0 Å². The smallest absolute Gasteiger partial charge is 0.0641 e. The summed E-state index contributed by atoms with van der Waals surface area (Å²) in [6, 6.07) is 187. The van der Waals surface area contributed by atoms with E-state index in [9.17, 15) is 0 Å². The molecule has 0 N–H and O–H groups in total. The molecule has 9 heteroatoms. The highest BCUT2D eigenvalue weighted by atomic mass is 32.1. The van der Waals surface area contributed by atoms with Crippen LogP contribution in [0.1, 0.15) is 0 Å². The van der Waals surface area contributed by atoms with Gasteiger partial charge in [-0.2, -0.15) is 0 Å². The average molecular weight is 1920 g/mol. The van der Waals surface area contributed by atoms with Crippen molar-refractivity contribution in [3.63, 3.8) is 0 Å². The van der Waals surface area contributed by atoms with Crippen molar-refractivity contribution in [3.8, 4) is 67.5 Å². The van der Waals surface area contributed by atoms with Gasteiger partial charge in [0.05, 0.1) is 71.9 Å². The Morgan fingerprint density at radius 2 is 0.456 bits per heavy atom. The Morgan fingerprint density at radius 3 is 0.952 bits per heavy atom. The van der Waals surface area contributed by atoms with Crippen LogP contribution >= 0.6 is 34.0 Å². The Labute approximate surface area is 855 Å². The van der Waals surface area contributed by atoms with Crippen molar-refractivity contribution < 1.29 is 0 Å². The summed E-state index contributed by atoms with van der Waals surface area (Å²) in [6.07, 6.45) is 0. The van der Waals surface area contributed by atoms with Crippen LogP contribution in [0.3, 0.4) is 0 Å². The van der Waals surface area contributed by atoms with E-state index in [-0.39, 0.29) is 0 Å². The molecule has 0 unspecified atom stereocenters. The number of hydrogen-bond acceptors (Lipinski definition) is 3. The molecule has 0 saturated carbocycles. The van der Waals surface area contributed by atoms with Crippen molar-refractivity contribution in [1.29, 1.82) is 0 Å². The summed E-state index contributed by atoms with van der Waals surface area (Å²) >= 11 is 5.66. The second-order valence-electron chi connectivity index (χ2n) is 38.7. The zero-order valence-electron chi connectivity index (χ0n) is 79.4. The zero-order valence-corrected chi connectivity index (χ0v) is 81.9. The topological polar surface area (TPSA) is 29.6 Å². The van der Waals surface area contributed by atoms with Crippen LogP contribution < -0.4 is 0 Å². The molecule has 0 bridgehead atoms. The highest BCUT2D eigenvalue weighted by Crippen LogP contribution is 2.52. The largest absolute Gasteiger partial charge is 0.309 e. The molecule has 6 nitrogen and oxygen atoms in total. The number of hydrogen-bond donors (Lipinski definition) is 0. The molecule has 684 valence electrons. The predicted molar refractivity (Wildman–Crippen MR) is 633 cm³/mol. The lowest BCUT2D eigenvalue weighted by Gasteiger charge is -2.16. The summed E-state index contributed by atoms with van der Waals surface area (Å²) < 4.78 is 22.8. The lowest BCUT2D eigenvalue weighted by Crippen LogP contribution is -1.97. The molecule has 0 saturated heterocycles. The van der Waals surface area contributed by atoms with Crippen LogP contribution in [0.4, 0.5) is 0 Å². The number of benzene rings is 24. The SMILES string of the molecule is c1ccc(-n2c3ccc4c5ccccc5n(-c5ccc(-c6cccc7c6sc6ccccc67)cc5)c4c3c3ccc4ccccc4c32)cc1.c1ccc(-n2c3ccccc3c3c2ccc2c4ccccc4n(-c4ccc(-c5cccc6c5sc5ccccc56)c5ccccc45)c23)cc1.c1ccc2cc(-n3c4ccccc4c4c3ccc3c5ccccc5n(-c5ccc(-c6cccc7c6sc6ccccc67)cc5)c34)ccc2c1. The summed E-state index contributed by atoms with van der Waals surface area (Å²) in [5, 5.41) is 30.7. The Kier molecular flexibility index (Phi) is 18.7. The molecule has 0 fully saturated rings. The second kappa shape index (κ2) is 33.1. The van der Waals surface area contributed by atoms with E-state index in [2.05, 4.69) is 537 Å². The lowest BCUT2D eigenvalue weighted by atomic mass is 9.95. The summed E-state index contributed by atoms with van der Waals surface area (Å²) in [6.45, 7) is 0. The zero-order chi connectivity index (χ0) is 96.2. The third-order valence-electron chi connectivity index (χ3n) is 30.9. The maximum Gasteiger partial charge on any atom is 0.0641 e. The second-order valence-corrected chi connectivity index (χ2v) is 41.8. The van der Waals surface area contributed by atoms with E-state index in [4.69, 9.17) is 0 Å². The maximum atomic E-state index is 2.53. The van der Waals surface area contributed by atoms with Gasteiger partial charge in [-0.3, -0.25) is 0 Å². The van der Waals surface area contributed by atoms with Crippen LogP contribution in [0, 0.1) is 0 Å². The quantitative estimate of drug-likeness (QED) is 0.138. The Morgan fingerprint density at radius 1 is 0.136 bits per heavy atom. The van der Waals surface area contributed by atoms with E-state index in [1.807, 2.05) is 34.0 Å². The lowest BCUT2D eigenvalue weighted by molar-refractivity contribution is 1.18. The normalized spacial score (nSPS) is 12.1. The molecule has 24 aromatic carbocycles. The molecule has 9 aromatic heterocycles. The number of thiophene rings is 3. The van der Waals surface area contributed by atoms with Gasteiger partial charge in [0.25, 0.3) is 0 Å². The molecule has 9 heterocycles. The van der Waals surface area contributed by atoms with E-state index in [0.29, 0.717) is 0 Å².